The van der Waals surface area contributed by atoms with Gasteiger partial charge >= 0.3 is 0 Å². The van der Waals surface area contributed by atoms with E-state index in [1.165, 1.54) is 0 Å². The van der Waals surface area contributed by atoms with Crippen molar-refractivity contribution >= 4 is 21.9 Å². The predicted octanol–water partition coefficient (Wildman–Crippen LogP) is 1.43. The first-order chi connectivity index (χ1) is 7.70. The first kappa shape index (κ1) is 9.15. The summed E-state index contributed by atoms with van der Waals surface area (Å²) in [6, 6.07) is 7.81. The fourth-order valence-corrected chi connectivity index (χ4v) is 2.11. The summed E-state index contributed by atoms with van der Waals surface area (Å²) in [4.78, 5) is 16.4. The molecule has 0 radical (unpaired) electrons. The molecule has 0 aliphatic heterocycles. The highest BCUT2D eigenvalue weighted by Gasteiger charge is 2.11. The van der Waals surface area contributed by atoms with Crippen LogP contribution in [-0.4, -0.2) is 14.1 Å². The number of fused-ring (bicyclic) bond motifs is 3. The highest BCUT2D eigenvalue weighted by molar-refractivity contribution is 6.01. The molecule has 0 spiro atoms. The van der Waals surface area contributed by atoms with Crippen molar-refractivity contribution in [3.63, 3.8) is 0 Å². The van der Waals surface area contributed by atoms with Crippen molar-refractivity contribution in [1.82, 2.24) is 14.1 Å². The zero-order valence-electron chi connectivity index (χ0n) is 9.14. The zero-order valence-corrected chi connectivity index (χ0v) is 9.14. The lowest BCUT2D eigenvalue weighted by Crippen LogP contribution is -2.18. The summed E-state index contributed by atoms with van der Waals surface area (Å²) >= 11 is 0. The van der Waals surface area contributed by atoms with Gasteiger partial charge in [-0.3, -0.25) is 4.79 Å². The van der Waals surface area contributed by atoms with Gasteiger partial charge < -0.3 is 9.13 Å². The van der Waals surface area contributed by atoms with E-state index in [1.54, 1.807) is 22.5 Å². The second-order valence-electron chi connectivity index (χ2n) is 3.93. The molecule has 2 heterocycles. The maximum absolute atomic E-state index is 12.1. The van der Waals surface area contributed by atoms with Crippen LogP contribution in [0.3, 0.4) is 0 Å². The van der Waals surface area contributed by atoms with Crippen LogP contribution in [0.25, 0.3) is 21.9 Å². The van der Waals surface area contributed by atoms with Crippen molar-refractivity contribution in [2.24, 2.45) is 14.1 Å². The van der Waals surface area contributed by atoms with Crippen molar-refractivity contribution in [3.8, 4) is 0 Å². The third-order valence-electron chi connectivity index (χ3n) is 2.96. The van der Waals surface area contributed by atoms with E-state index in [1.807, 2.05) is 31.3 Å². The average molecular weight is 213 g/mol. The minimum Gasteiger partial charge on any atom is -0.329 e. The van der Waals surface area contributed by atoms with Gasteiger partial charge in [-0.05, 0) is 6.07 Å². The minimum absolute atomic E-state index is 0.00583. The van der Waals surface area contributed by atoms with Crippen molar-refractivity contribution in [2.45, 2.75) is 0 Å². The number of nitrogens with zero attached hydrogens (tertiary/aromatic N) is 3. The topological polar surface area (TPSA) is 39.8 Å². The maximum Gasteiger partial charge on any atom is 0.276 e. The predicted molar refractivity (Wildman–Crippen MR) is 63.5 cm³/mol. The summed E-state index contributed by atoms with van der Waals surface area (Å²) in [5.41, 5.74) is 2.34. The monoisotopic (exact) mass is 213 g/mol. The second-order valence-corrected chi connectivity index (χ2v) is 3.93. The van der Waals surface area contributed by atoms with E-state index < -0.39 is 0 Å². The lowest BCUT2D eigenvalue weighted by atomic mass is 10.2. The first-order valence-electron chi connectivity index (χ1n) is 5.09. The van der Waals surface area contributed by atoms with Gasteiger partial charge in [-0.2, -0.15) is 0 Å². The number of aromatic nitrogens is 3. The highest BCUT2D eigenvalue weighted by Crippen LogP contribution is 2.19. The molecule has 0 aliphatic carbocycles. The molecule has 1 aromatic carbocycles. The average Bonchev–Trinajstić information content (AvgIpc) is 2.69. The normalized spacial score (nSPS) is 11.4. The van der Waals surface area contributed by atoms with E-state index in [0.717, 1.165) is 16.4 Å². The van der Waals surface area contributed by atoms with E-state index in [4.69, 9.17) is 0 Å². The SMILES string of the molecule is Cn1cnc2c3ccccc3n(C)c(=O)c21. The Labute approximate surface area is 91.8 Å². The molecule has 0 saturated heterocycles. The molecule has 0 saturated carbocycles. The number of aryl methyl sites for hydroxylation is 2. The van der Waals surface area contributed by atoms with Gasteiger partial charge in [-0.15, -0.1) is 0 Å². The molecule has 16 heavy (non-hydrogen) atoms. The summed E-state index contributed by atoms with van der Waals surface area (Å²) in [5.74, 6) is 0. The molecule has 0 bridgehead atoms. The van der Waals surface area contributed by atoms with Crippen molar-refractivity contribution in [3.05, 3.63) is 40.9 Å². The number of rotatable bonds is 0. The number of pyridine rings is 1. The van der Waals surface area contributed by atoms with E-state index in [9.17, 15) is 4.79 Å². The summed E-state index contributed by atoms with van der Waals surface area (Å²) in [5, 5.41) is 1.01. The van der Waals surface area contributed by atoms with Crippen molar-refractivity contribution in [2.75, 3.05) is 0 Å². The van der Waals surface area contributed by atoms with Crippen LogP contribution in [0.1, 0.15) is 0 Å². The second kappa shape index (κ2) is 2.95. The molecule has 0 amide bonds. The Balaban J connectivity index is 2.76. The first-order valence-corrected chi connectivity index (χ1v) is 5.09. The molecule has 3 rings (SSSR count). The third-order valence-corrected chi connectivity index (χ3v) is 2.96. The van der Waals surface area contributed by atoms with E-state index in [-0.39, 0.29) is 5.56 Å². The van der Waals surface area contributed by atoms with Gasteiger partial charge in [-0.25, -0.2) is 4.98 Å². The van der Waals surface area contributed by atoms with Crippen LogP contribution in [-0.2, 0) is 14.1 Å². The molecule has 4 nitrogen and oxygen atoms in total. The van der Waals surface area contributed by atoms with Crippen LogP contribution in [0.15, 0.2) is 35.4 Å². The van der Waals surface area contributed by atoms with Crippen LogP contribution in [0.2, 0.25) is 0 Å². The molecule has 2 aromatic heterocycles. The van der Waals surface area contributed by atoms with Crippen LogP contribution in [0, 0.1) is 0 Å². The van der Waals surface area contributed by atoms with Crippen LogP contribution < -0.4 is 5.56 Å². The number of para-hydroxylation sites is 1. The summed E-state index contributed by atoms with van der Waals surface area (Å²) in [6.45, 7) is 0. The van der Waals surface area contributed by atoms with Gasteiger partial charge in [0, 0.05) is 19.5 Å². The van der Waals surface area contributed by atoms with Crippen LogP contribution >= 0.6 is 0 Å². The van der Waals surface area contributed by atoms with Crippen molar-refractivity contribution in [1.29, 1.82) is 0 Å². The molecule has 4 heteroatoms. The fraction of sp³-hybridized carbons (Fsp3) is 0.167. The Morgan fingerprint density at radius 2 is 1.94 bits per heavy atom. The van der Waals surface area contributed by atoms with Gasteiger partial charge in [0.15, 0.2) is 0 Å². The van der Waals surface area contributed by atoms with Gasteiger partial charge in [0.05, 0.1) is 11.8 Å². The Morgan fingerprint density at radius 3 is 2.75 bits per heavy atom. The minimum atomic E-state index is -0.00583. The quantitative estimate of drug-likeness (QED) is 0.566. The molecule has 0 N–H and O–H groups in total. The van der Waals surface area contributed by atoms with Gasteiger partial charge in [0.1, 0.15) is 11.0 Å². The summed E-state index contributed by atoms with van der Waals surface area (Å²) in [7, 11) is 3.63. The molecule has 0 atom stereocenters. The molecule has 80 valence electrons. The zero-order chi connectivity index (χ0) is 11.3. The van der Waals surface area contributed by atoms with E-state index >= 15 is 0 Å². The molecular weight excluding hydrogens is 202 g/mol. The van der Waals surface area contributed by atoms with Crippen LogP contribution in [0.4, 0.5) is 0 Å². The Hall–Kier alpha value is -2.10. The van der Waals surface area contributed by atoms with E-state index in [0.29, 0.717) is 5.52 Å². The van der Waals surface area contributed by atoms with Crippen LogP contribution in [0.5, 0.6) is 0 Å². The molecular formula is C12H11N3O. The summed E-state index contributed by atoms with van der Waals surface area (Å²) < 4.78 is 3.43. The summed E-state index contributed by atoms with van der Waals surface area (Å²) in [6.07, 6.45) is 1.68. The third kappa shape index (κ3) is 0.984. The molecule has 0 aliphatic rings. The smallest absolute Gasteiger partial charge is 0.276 e. The fourth-order valence-electron chi connectivity index (χ4n) is 2.11. The number of hydrogen-bond donors (Lipinski definition) is 0. The van der Waals surface area contributed by atoms with E-state index in [2.05, 4.69) is 4.98 Å². The number of hydrogen-bond acceptors (Lipinski definition) is 2. The van der Waals surface area contributed by atoms with Gasteiger partial charge in [0.25, 0.3) is 5.56 Å². The molecule has 0 fully saturated rings. The number of benzene rings is 1. The highest BCUT2D eigenvalue weighted by atomic mass is 16.1. The lowest BCUT2D eigenvalue weighted by Gasteiger charge is -2.05. The standard InChI is InChI=1S/C12H11N3O/c1-14-7-13-10-8-5-3-4-6-9(8)15(2)12(16)11(10)14/h3-7H,1-2H3. The van der Waals surface area contributed by atoms with Gasteiger partial charge in [-0.1, -0.05) is 18.2 Å². The Morgan fingerprint density at radius 1 is 1.19 bits per heavy atom. The lowest BCUT2D eigenvalue weighted by molar-refractivity contribution is 0.884. The largest absolute Gasteiger partial charge is 0.329 e. The number of imidazole rings is 1. The maximum atomic E-state index is 12.1. The van der Waals surface area contributed by atoms with Crippen molar-refractivity contribution < 1.29 is 0 Å². The molecule has 3 aromatic rings. The Kier molecular flexibility index (Phi) is 1.68. The Bertz CT molecular complexity index is 752. The molecule has 0 unspecified atom stereocenters. The van der Waals surface area contributed by atoms with Gasteiger partial charge in [0.2, 0.25) is 0 Å².